The molecule has 20 nitrogen and oxygen atoms in total. The van der Waals surface area contributed by atoms with Crippen molar-refractivity contribution in [1.29, 1.82) is 5.26 Å². The molecule has 0 radical (unpaired) electrons. The van der Waals surface area contributed by atoms with Gasteiger partial charge < -0.3 is 76.7 Å². The number of hydrogen-bond donors (Lipinski definition) is 2. The van der Waals surface area contributed by atoms with Crippen LogP contribution in [-0.2, 0) is 80.7 Å². The summed E-state index contributed by atoms with van der Waals surface area (Å²) in [7, 11) is 1.73. The summed E-state index contributed by atoms with van der Waals surface area (Å²) in [5, 5.41) is 23.8. The molecule has 0 saturated heterocycles. The first kappa shape index (κ1) is 91.1. The van der Waals surface area contributed by atoms with Crippen LogP contribution in [0.15, 0.2) is 30.3 Å². The number of thioether (sulfide) groups is 1. The minimum Gasteiger partial charge on any atom is -0.481 e. The summed E-state index contributed by atoms with van der Waals surface area (Å²) in [5.41, 5.74) is 1.13. The number of nitrogens with zero attached hydrogens (tertiary/aromatic N) is 1. The topological polar surface area (TPSA) is 236 Å². The lowest BCUT2D eigenvalue weighted by Gasteiger charge is -2.26. The van der Waals surface area contributed by atoms with Crippen LogP contribution in [0.3, 0.4) is 0 Å². The van der Waals surface area contributed by atoms with Gasteiger partial charge in [0.2, 0.25) is 5.91 Å². The predicted molar refractivity (Wildman–Crippen MR) is 381 cm³/mol. The molecule has 0 aliphatic rings. The second-order valence-electron chi connectivity index (χ2n) is 25.0. The van der Waals surface area contributed by atoms with Crippen LogP contribution < -0.4 is 5.32 Å². The summed E-state index contributed by atoms with van der Waals surface area (Å²) < 4.78 is 78.6. The molecule has 0 aliphatic heterocycles. The number of carbonyl (C=O) groups is 3. The standard InChI is InChI=1S/C75H136N2O18S/c1-6-8-9-10-11-12-13-15-30-67(4)77-73(78)71(64-72(74(79)80)63-68(65-76)62-69(7-2)70-31-16-14-17-32-70)61-66(3)75(81)96-60-59-95-58-57-94-56-55-93-54-53-92-52-51-91-50-49-90-48-47-89-46-45-88-44-29-28-43-87-42-27-26-41-86-40-25-24-39-85-38-23-22-37-84-36-21-20-35-83-34-19-18-33-82-5/h14,16-17,31-32,66-69,71-72H,6-13,15,18-30,33-64H2,1-5H3,(H,77,78)(H,79,80). The van der Waals surface area contributed by atoms with Crippen molar-refractivity contribution >= 4 is 28.8 Å². The molecule has 560 valence electrons. The van der Waals surface area contributed by atoms with Crippen LogP contribution in [0.5, 0.6) is 0 Å². The maximum Gasteiger partial charge on any atom is 0.306 e. The summed E-state index contributed by atoms with van der Waals surface area (Å²) in [6, 6.07) is 12.3. The lowest BCUT2D eigenvalue weighted by Crippen LogP contribution is -2.39. The van der Waals surface area contributed by atoms with Gasteiger partial charge in [0.25, 0.3) is 0 Å². The molecular weight excluding hydrogens is 1250 g/mol. The maximum atomic E-state index is 14.0. The number of methoxy groups -OCH3 is 1. The number of aliphatic carboxylic acids is 1. The van der Waals surface area contributed by atoms with E-state index in [1.54, 1.807) is 7.11 Å². The van der Waals surface area contributed by atoms with Crippen LogP contribution >= 0.6 is 11.8 Å². The normalized spacial score (nSPS) is 13.5. The molecular formula is C75H136N2O18S. The van der Waals surface area contributed by atoms with E-state index >= 15 is 0 Å². The molecule has 1 rings (SSSR count). The number of carboxylic acids is 1. The number of nitriles is 1. The van der Waals surface area contributed by atoms with Crippen molar-refractivity contribution in [3.05, 3.63) is 35.9 Å². The Morgan fingerprint density at radius 1 is 0.438 bits per heavy atom. The van der Waals surface area contributed by atoms with E-state index in [9.17, 15) is 24.8 Å². The Balaban J connectivity index is 1.99. The highest BCUT2D eigenvalue weighted by Crippen LogP contribution is 2.33. The lowest BCUT2D eigenvalue weighted by atomic mass is 9.79. The molecule has 21 heteroatoms. The van der Waals surface area contributed by atoms with E-state index in [1.165, 1.54) is 38.5 Å². The Hall–Kier alpha value is -2.89. The smallest absolute Gasteiger partial charge is 0.306 e. The van der Waals surface area contributed by atoms with Gasteiger partial charge in [-0.15, -0.1) is 0 Å². The fourth-order valence-electron chi connectivity index (χ4n) is 10.6. The third-order valence-corrected chi connectivity index (χ3v) is 17.5. The quantitative estimate of drug-likeness (QED) is 0.0577. The van der Waals surface area contributed by atoms with Crippen molar-refractivity contribution in [2.75, 3.05) is 191 Å². The van der Waals surface area contributed by atoms with Gasteiger partial charge in [-0.3, -0.25) is 14.4 Å². The average molecular weight is 1390 g/mol. The van der Waals surface area contributed by atoms with E-state index in [1.807, 2.05) is 44.2 Å². The highest BCUT2D eigenvalue weighted by atomic mass is 32.2. The monoisotopic (exact) mass is 1380 g/mol. The second-order valence-corrected chi connectivity index (χ2v) is 26.1. The van der Waals surface area contributed by atoms with E-state index in [0.29, 0.717) is 118 Å². The van der Waals surface area contributed by atoms with Gasteiger partial charge in [-0.2, -0.15) is 5.26 Å². The second kappa shape index (κ2) is 71.9. The third-order valence-electron chi connectivity index (χ3n) is 16.4. The number of unbranched alkanes of at least 4 members (excludes halogenated alkanes) is 13. The molecule has 1 aromatic carbocycles. The molecule has 6 atom stereocenters. The Kier molecular flexibility index (Phi) is 68.3. The van der Waals surface area contributed by atoms with Crippen LogP contribution in [-0.4, -0.2) is 219 Å². The summed E-state index contributed by atoms with van der Waals surface area (Å²) >= 11 is 1.16. The number of rotatable bonds is 77. The number of amides is 1. The molecule has 0 fully saturated rings. The molecule has 2 N–H and O–H groups in total. The maximum absolute atomic E-state index is 14.0. The molecule has 0 heterocycles. The van der Waals surface area contributed by atoms with Gasteiger partial charge in [0.15, 0.2) is 5.12 Å². The molecule has 1 amide bonds. The van der Waals surface area contributed by atoms with E-state index in [4.69, 9.17) is 66.3 Å². The fraction of sp³-hybridized carbons (Fsp3) is 0.867. The number of benzene rings is 1. The van der Waals surface area contributed by atoms with Gasteiger partial charge in [0.05, 0.1) is 111 Å². The molecule has 0 saturated carbocycles. The van der Waals surface area contributed by atoms with Crippen molar-refractivity contribution in [3.8, 4) is 6.07 Å². The average Bonchev–Trinajstić information content (AvgIpc) is 1.67. The summed E-state index contributed by atoms with van der Waals surface area (Å²) in [5.74, 6) is -3.28. The van der Waals surface area contributed by atoms with Crippen molar-refractivity contribution in [2.45, 2.75) is 207 Å². The molecule has 0 bridgehead atoms. The molecule has 1 aromatic rings. The molecule has 96 heavy (non-hydrogen) atoms. The van der Waals surface area contributed by atoms with E-state index in [2.05, 4.69) is 25.2 Å². The van der Waals surface area contributed by atoms with Gasteiger partial charge in [0.1, 0.15) is 0 Å². The molecule has 0 aliphatic carbocycles. The number of nitrogens with one attached hydrogen (secondary N) is 1. The molecule has 0 spiro atoms. The molecule has 6 unspecified atom stereocenters. The Bertz CT molecular complexity index is 1880. The van der Waals surface area contributed by atoms with Crippen molar-refractivity contribution < 1.29 is 85.8 Å². The SMILES string of the molecule is CCCCCCCCCCC(C)NC(=O)C(CC(C)C(=O)SCCOCCOCCOCCOCCOCCOCCOCCOCCCCOCCCCOCCCCOCCCCOCCCCOCCCCOC)CC(CC(C#N)CC(CC)c1ccccc1)C(=O)O. The minimum absolute atomic E-state index is 0.0605. The van der Waals surface area contributed by atoms with Gasteiger partial charge in [-0.05, 0) is 134 Å². The zero-order valence-electron chi connectivity index (χ0n) is 60.8. The molecule has 0 aromatic heterocycles. The van der Waals surface area contributed by atoms with E-state index in [-0.39, 0.29) is 42.2 Å². The first-order chi connectivity index (χ1) is 47.2. The summed E-state index contributed by atoms with van der Waals surface area (Å²) in [6.07, 6.45) is 24.5. The lowest BCUT2D eigenvalue weighted by molar-refractivity contribution is -0.143. The van der Waals surface area contributed by atoms with Crippen LogP contribution in [0, 0.1) is 35.0 Å². The van der Waals surface area contributed by atoms with Gasteiger partial charge in [0, 0.05) is 116 Å². The third kappa shape index (κ3) is 59.9. The number of ether oxygens (including phenoxy) is 14. The van der Waals surface area contributed by atoms with Crippen LogP contribution in [0.25, 0.3) is 0 Å². The van der Waals surface area contributed by atoms with Crippen LogP contribution in [0.1, 0.15) is 206 Å². The van der Waals surface area contributed by atoms with Crippen molar-refractivity contribution in [1.82, 2.24) is 5.32 Å². The van der Waals surface area contributed by atoms with Gasteiger partial charge in [-0.1, -0.05) is 114 Å². The number of hydrogen-bond acceptors (Lipinski definition) is 19. The van der Waals surface area contributed by atoms with E-state index in [0.717, 1.165) is 193 Å². The van der Waals surface area contributed by atoms with Gasteiger partial charge in [-0.25, -0.2) is 0 Å². The van der Waals surface area contributed by atoms with Crippen molar-refractivity contribution in [3.63, 3.8) is 0 Å². The van der Waals surface area contributed by atoms with Gasteiger partial charge >= 0.3 is 5.97 Å². The zero-order valence-corrected chi connectivity index (χ0v) is 61.6. The van der Waals surface area contributed by atoms with E-state index < -0.39 is 29.6 Å². The summed E-state index contributed by atoms with van der Waals surface area (Å²) in [6.45, 7) is 24.3. The predicted octanol–water partition coefficient (Wildman–Crippen LogP) is 13.7. The number of carbonyl (C=O) groups excluding carboxylic acids is 2. The first-order valence-corrected chi connectivity index (χ1v) is 38.3. The summed E-state index contributed by atoms with van der Waals surface area (Å²) in [4.78, 5) is 40.2. The Morgan fingerprint density at radius 2 is 0.792 bits per heavy atom. The highest BCUT2D eigenvalue weighted by molar-refractivity contribution is 8.13. The van der Waals surface area contributed by atoms with Crippen LogP contribution in [0.4, 0.5) is 0 Å². The zero-order chi connectivity index (χ0) is 69.5. The first-order valence-electron chi connectivity index (χ1n) is 37.3. The van der Waals surface area contributed by atoms with Crippen LogP contribution in [0.2, 0.25) is 0 Å². The number of carboxylic acid groups (broad SMARTS) is 1. The highest BCUT2D eigenvalue weighted by Gasteiger charge is 2.33. The Labute approximate surface area is 586 Å². The fourth-order valence-corrected chi connectivity index (χ4v) is 11.4. The van der Waals surface area contributed by atoms with Crippen molar-refractivity contribution in [2.24, 2.45) is 23.7 Å². The Morgan fingerprint density at radius 3 is 1.16 bits per heavy atom. The minimum atomic E-state index is -1.02. The largest absolute Gasteiger partial charge is 0.481 e.